The first-order valence-electron chi connectivity index (χ1n) is 6.64. The molecule has 0 bridgehead atoms. The van der Waals surface area contributed by atoms with E-state index in [0.717, 1.165) is 13.2 Å². The van der Waals surface area contributed by atoms with E-state index in [1.54, 1.807) is 6.07 Å². The molecule has 0 spiro atoms. The Bertz CT molecular complexity index is 805. The highest BCUT2D eigenvalue weighted by atomic mass is 19.3. The van der Waals surface area contributed by atoms with Crippen molar-refractivity contribution in [3.05, 3.63) is 75.3 Å². The van der Waals surface area contributed by atoms with Crippen LogP contribution in [0, 0.1) is 10.1 Å². The summed E-state index contributed by atoms with van der Waals surface area (Å²) in [6.07, 6.45) is 0. The van der Waals surface area contributed by atoms with Crippen LogP contribution in [0.25, 0.3) is 0 Å². The van der Waals surface area contributed by atoms with Gasteiger partial charge in [0.1, 0.15) is 5.56 Å². The molecule has 2 aromatic rings. The molecule has 0 radical (unpaired) electrons. The highest BCUT2D eigenvalue weighted by molar-refractivity contribution is 6.02. The number of ketones is 1. The summed E-state index contributed by atoms with van der Waals surface area (Å²) in [5.74, 6) is -6.61. The molecule has 0 unspecified atom stereocenters. The van der Waals surface area contributed by atoms with E-state index in [9.17, 15) is 28.5 Å². The molecule has 0 saturated carbocycles. The third-order valence-electron chi connectivity index (χ3n) is 3.27. The summed E-state index contributed by atoms with van der Waals surface area (Å²) in [6, 6.07) is 9.01. The fourth-order valence-corrected chi connectivity index (χ4v) is 2.09. The van der Waals surface area contributed by atoms with Crippen LogP contribution in [0.3, 0.4) is 0 Å². The van der Waals surface area contributed by atoms with Crippen molar-refractivity contribution in [1.82, 2.24) is 0 Å². The summed E-state index contributed by atoms with van der Waals surface area (Å²) in [4.78, 5) is 33.5. The van der Waals surface area contributed by atoms with Crippen LogP contribution in [0.4, 0.5) is 14.5 Å². The summed E-state index contributed by atoms with van der Waals surface area (Å²) < 4.78 is 33.4. The Balaban J connectivity index is 2.55. The summed E-state index contributed by atoms with van der Waals surface area (Å²) in [6.45, 7) is 0. The number of hydrogen-bond donors (Lipinski definition) is 0. The normalized spacial score (nSPS) is 11.0. The van der Waals surface area contributed by atoms with Gasteiger partial charge < -0.3 is 4.74 Å². The topological polar surface area (TPSA) is 86.5 Å². The van der Waals surface area contributed by atoms with Crippen molar-refractivity contribution in [1.29, 1.82) is 0 Å². The number of carbonyl (C=O) groups excluding carboxylic acids is 2. The Hall–Kier alpha value is -3.16. The Morgan fingerprint density at radius 2 is 1.71 bits per heavy atom. The number of Topliss-reactive ketones (excluding diaryl/α,β-unsaturated/α-hetero) is 1. The van der Waals surface area contributed by atoms with Crippen molar-refractivity contribution in [3.8, 4) is 0 Å². The van der Waals surface area contributed by atoms with Crippen LogP contribution >= 0.6 is 0 Å². The Labute approximate surface area is 134 Å². The summed E-state index contributed by atoms with van der Waals surface area (Å²) in [7, 11) is 1.05. The van der Waals surface area contributed by atoms with Gasteiger partial charge in [-0.1, -0.05) is 30.3 Å². The average molecular weight is 335 g/mol. The first-order chi connectivity index (χ1) is 11.3. The minimum Gasteiger partial charge on any atom is -0.465 e. The SMILES string of the molecule is COC(=O)c1ccc(C(F)(F)C(=O)c2ccccc2)c([N+](=O)[O-])c1. The van der Waals surface area contributed by atoms with Crippen LogP contribution in [0.1, 0.15) is 26.3 Å². The largest absolute Gasteiger partial charge is 0.465 e. The van der Waals surface area contributed by atoms with Crippen LogP contribution in [0.5, 0.6) is 0 Å². The van der Waals surface area contributed by atoms with E-state index in [0.29, 0.717) is 12.1 Å². The van der Waals surface area contributed by atoms with Crippen molar-refractivity contribution in [2.24, 2.45) is 0 Å². The number of benzene rings is 2. The minimum absolute atomic E-state index is 0.268. The number of halogens is 2. The molecular formula is C16H11F2NO5. The van der Waals surface area contributed by atoms with E-state index in [4.69, 9.17) is 0 Å². The third-order valence-corrected chi connectivity index (χ3v) is 3.27. The van der Waals surface area contributed by atoms with Gasteiger partial charge >= 0.3 is 11.9 Å². The molecule has 2 aromatic carbocycles. The molecule has 0 aliphatic heterocycles. The molecule has 0 aliphatic carbocycles. The zero-order valence-corrected chi connectivity index (χ0v) is 12.4. The maximum absolute atomic E-state index is 14.5. The van der Waals surface area contributed by atoms with Gasteiger partial charge in [-0.05, 0) is 12.1 Å². The Morgan fingerprint density at radius 1 is 1.08 bits per heavy atom. The molecule has 124 valence electrons. The number of nitro groups is 1. The highest BCUT2D eigenvalue weighted by Gasteiger charge is 2.46. The van der Waals surface area contributed by atoms with Gasteiger partial charge in [0.2, 0.25) is 5.78 Å². The lowest BCUT2D eigenvalue weighted by molar-refractivity contribution is -0.386. The molecule has 24 heavy (non-hydrogen) atoms. The van der Waals surface area contributed by atoms with Crippen LogP contribution in [-0.4, -0.2) is 23.8 Å². The van der Waals surface area contributed by atoms with Crippen LogP contribution in [0.2, 0.25) is 0 Å². The zero-order chi connectivity index (χ0) is 17.9. The van der Waals surface area contributed by atoms with Gasteiger partial charge in [0.05, 0.1) is 17.6 Å². The van der Waals surface area contributed by atoms with Crippen molar-refractivity contribution in [3.63, 3.8) is 0 Å². The second-order valence-electron chi connectivity index (χ2n) is 4.75. The number of nitro benzene ring substituents is 1. The van der Waals surface area contributed by atoms with Crippen LogP contribution < -0.4 is 0 Å². The lowest BCUT2D eigenvalue weighted by Crippen LogP contribution is -2.27. The van der Waals surface area contributed by atoms with E-state index in [1.807, 2.05) is 0 Å². The molecule has 6 nitrogen and oxygen atoms in total. The maximum atomic E-state index is 14.5. The van der Waals surface area contributed by atoms with Gasteiger partial charge in [-0.2, -0.15) is 8.78 Å². The van der Waals surface area contributed by atoms with Crippen molar-refractivity contribution >= 4 is 17.4 Å². The lowest BCUT2D eigenvalue weighted by Gasteiger charge is -2.16. The number of nitrogens with zero attached hydrogens (tertiary/aromatic N) is 1. The molecule has 0 aromatic heterocycles. The zero-order valence-electron chi connectivity index (χ0n) is 12.4. The van der Waals surface area contributed by atoms with Crippen molar-refractivity contribution in [2.45, 2.75) is 5.92 Å². The Kier molecular flexibility index (Phi) is 4.68. The van der Waals surface area contributed by atoms with Crippen molar-refractivity contribution < 1.29 is 28.0 Å². The quantitative estimate of drug-likeness (QED) is 0.362. The summed E-state index contributed by atoms with van der Waals surface area (Å²) in [5, 5.41) is 11.1. The molecule has 0 atom stereocenters. The molecule has 0 N–H and O–H groups in total. The number of ether oxygens (including phenoxy) is 1. The van der Waals surface area contributed by atoms with Crippen LogP contribution in [0.15, 0.2) is 48.5 Å². The van der Waals surface area contributed by atoms with E-state index in [-0.39, 0.29) is 11.1 Å². The summed E-state index contributed by atoms with van der Waals surface area (Å²) in [5.41, 5.74) is -2.68. The van der Waals surface area contributed by atoms with Gasteiger partial charge in [-0.15, -0.1) is 0 Å². The average Bonchev–Trinajstić information content (AvgIpc) is 2.60. The van der Waals surface area contributed by atoms with Crippen molar-refractivity contribution in [2.75, 3.05) is 7.11 Å². The fraction of sp³-hybridized carbons (Fsp3) is 0.125. The number of alkyl halides is 2. The molecular weight excluding hydrogens is 324 g/mol. The molecule has 8 heteroatoms. The van der Waals surface area contributed by atoms with Gasteiger partial charge in [0.15, 0.2) is 0 Å². The number of hydrogen-bond acceptors (Lipinski definition) is 5. The van der Waals surface area contributed by atoms with Gasteiger partial charge in [-0.25, -0.2) is 4.79 Å². The second-order valence-corrected chi connectivity index (χ2v) is 4.75. The standard InChI is InChI=1S/C16H11F2NO5/c1-24-15(21)11-7-8-12(13(9-11)19(22)23)16(17,18)14(20)10-5-3-2-4-6-10/h2-9H,1H3. The van der Waals surface area contributed by atoms with Crippen LogP contribution in [-0.2, 0) is 10.7 Å². The molecule has 0 aliphatic rings. The molecule has 0 saturated heterocycles. The Morgan fingerprint density at radius 3 is 2.25 bits per heavy atom. The maximum Gasteiger partial charge on any atom is 0.341 e. The number of carbonyl (C=O) groups is 2. The number of methoxy groups -OCH3 is 1. The molecule has 2 rings (SSSR count). The fourth-order valence-electron chi connectivity index (χ4n) is 2.09. The second kappa shape index (κ2) is 6.53. The number of rotatable bonds is 5. The first kappa shape index (κ1) is 17.2. The van der Waals surface area contributed by atoms with Gasteiger partial charge in [0, 0.05) is 11.6 Å². The monoisotopic (exact) mass is 335 g/mol. The molecule has 0 heterocycles. The van der Waals surface area contributed by atoms with Gasteiger partial charge in [0.25, 0.3) is 5.69 Å². The van der Waals surface area contributed by atoms with Gasteiger partial charge in [-0.3, -0.25) is 14.9 Å². The third kappa shape index (κ3) is 3.12. The first-order valence-corrected chi connectivity index (χ1v) is 6.64. The minimum atomic E-state index is -4.13. The number of esters is 1. The smallest absolute Gasteiger partial charge is 0.341 e. The predicted octanol–water partition coefficient (Wildman–Crippen LogP) is 3.36. The molecule has 0 fully saturated rings. The van der Waals surface area contributed by atoms with E-state index in [1.165, 1.54) is 24.3 Å². The van der Waals surface area contributed by atoms with E-state index < -0.39 is 33.8 Å². The lowest BCUT2D eigenvalue weighted by atomic mass is 9.96. The summed E-state index contributed by atoms with van der Waals surface area (Å²) >= 11 is 0. The predicted molar refractivity (Wildman–Crippen MR) is 79.1 cm³/mol. The van der Waals surface area contributed by atoms with E-state index >= 15 is 0 Å². The molecule has 0 amide bonds. The van der Waals surface area contributed by atoms with E-state index in [2.05, 4.69) is 4.74 Å². The highest BCUT2D eigenvalue weighted by Crippen LogP contribution is 2.38.